The summed E-state index contributed by atoms with van der Waals surface area (Å²) in [5.41, 5.74) is 3.48. The lowest BCUT2D eigenvalue weighted by Gasteiger charge is -2.36. The number of carbonyl (C=O) groups is 1. The van der Waals surface area contributed by atoms with E-state index in [2.05, 4.69) is 30.4 Å². The van der Waals surface area contributed by atoms with Gasteiger partial charge < -0.3 is 10.2 Å². The molecule has 2 N–H and O–H groups in total. The molecule has 40 heavy (non-hydrogen) atoms. The number of aromatic amines is 1. The molecule has 3 heterocycles. The first-order valence-corrected chi connectivity index (χ1v) is 15.2. The summed E-state index contributed by atoms with van der Waals surface area (Å²) in [6.07, 6.45) is 5.86. The van der Waals surface area contributed by atoms with Crippen LogP contribution in [0.2, 0.25) is 0 Å². The monoisotopic (exact) mass is 561 g/mol. The largest absolute Gasteiger partial charge is 0.369 e. The molecule has 1 saturated carbocycles. The smallest absolute Gasteiger partial charge is 0.281 e. The van der Waals surface area contributed by atoms with Gasteiger partial charge in [-0.3, -0.25) is 14.5 Å². The number of fused-ring (bicyclic) bond motifs is 3. The number of nitrogens with one attached hydrogen (secondary N) is 2. The van der Waals surface area contributed by atoms with Crippen LogP contribution in [0, 0.1) is 13.8 Å². The fourth-order valence-corrected chi connectivity index (χ4v) is 7.09. The van der Waals surface area contributed by atoms with E-state index >= 15 is 0 Å². The van der Waals surface area contributed by atoms with Gasteiger partial charge in [0.15, 0.2) is 10.7 Å². The minimum atomic E-state index is -1.60. The topological polar surface area (TPSA) is 116 Å². The number of nitrogens with zero attached hydrogens (tertiary/aromatic N) is 5. The molecule has 6 rings (SSSR count). The van der Waals surface area contributed by atoms with Gasteiger partial charge in [0, 0.05) is 42.8 Å². The number of rotatable bonds is 6. The Morgan fingerprint density at radius 3 is 2.58 bits per heavy atom. The maximum absolute atomic E-state index is 13.5. The van der Waals surface area contributed by atoms with Crippen LogP contribution in [0.1, 0.15) is 43.2 Å². The van der Waals surface area contributed by atoms with Gasteiger partial charge in [0.05, 0.1) is 17.4 Å². The van der Waals surface area contributed by atoms with Gasteiger partial charge in [0.2, 0.25) is 5.91 Å². The highest BCUT2D eigenvalue weighted by molar-refractivity contribution is 7.85. The average Bonchev–Trinajstić information content (AvgIpc) is 3.37. The number of hydrogen-bond donors (Lipinski definition) is 2. The lowest BCUT2D eigenvalue weighted by molar-refractivity contribution is -0.123. The van der Waals surface area contributed by atoms with Crippen molar-refractivity contribution >= 4 is 38.9 Å². The number of aryl methyl sites for hydroxylation is 2. The van der Waals surface area contributed by atoms with E-state index in [-0.39, 0.29) is 22.1 Å². The number of carbonyl (C=O) groups excluding carboxylic acids is 1. The lowest BCUT2D eigenvalue weighted by atomic mass is 9.95. The summed E-state index contributed by atoms with van der Waals surface area (Å²) in [6, 6.07) is 11.7. The minimum absolute atomic E-state index is 0.119. The van der Waals surface area contributed by atoms with E-state index in [1.54, 1.807) is 10.6 Å². The molecule has 11 heteroatoms. The molecule has 1 amide bonds. The van der Waals surface area contributed by atoms with Crippen LogP contribution in [0.3, 0.4) is 0 Å². The van der Waals surface area contributed by atoms with Crippen molar-refractivity contribution in [2.45, 2.75) is 61.9 Å². The highest BCUT2D eigenvalue weighted by Gasteiger charge is 2.23. The van der Waals surface area contributed by atoms with Gasteiger partial charge in [0.1, 0.15) is 10.8 Å². The molecule has 1 aliphatic carbocycles. The Kier molecular flexibility index (Phi) is 7.41. The zero-order chi connectivity index (χ0) is 27.8. The molecule has 2 aromatic carbocycles. The van der Waals surface area contributed by atoms with Crippen molar-refractivity contribution in [1.29, 1.82) is 0 Å². The fraction of sp³-hybridized carbons (Fsp3) is 0.448. The predicted octanol–water partition coefficient (Wildman–Crippen LogP) is 2.93. The quantitative estimate of drug-likeness (QED) is 0.372. The fourth-order valence-electron chi connectivity index (χ4n) is 5.92. The van der Waals surface area contributed by atoms with Gasteiger partial charge in [-0.25, -0.2) is 13.9 Å². The molecular formula is C29H35N7O3S. The second kappa shape index (κ2) is 11.1. The number of piperazine rings is 1. The summed E-state index contributed by atoms with van der Waals surface area (Å²) >= 11 is 0. The van der Waals surface area contributed by atoms with E-state index in [0.29, 0.717) is 28.4 Å². The molecule has 0 bridgehead atoms. The molecule has 4 aromatic rings. The third kappa shape index (κ3) is 5.27. The van der Waals surface area contributed by atoms with E-state index in [9.17, 15) is 13.8 Å². The van der Waals surface area contributed by atoms with Crippen LogP contribution in [0.15, 0.2) is 51.1 Å². The van der Waals surface area contributed by atoms with Gasteiger partial charge in [-0.15, -0.1) is 5.10 Å². The Morgan fingerprint density at radius 1 is 1.05 bits per heavy atom. The van der Waals surface area contributed by atoms with Gasteiger partial charge in [-0.1, -0.05) is 37.0 Å². The van der Waals surface area contributed by atoms with Crippen molar-refractivity contribution in [3.8, 4) is 0 Å². The molecule has 10 nitrogen and oxygen atoms in total. The molecule has 1 saturated heterocycles. The van der Waals surface area contributed by atoms with Crippen molar-refractivity contribution < 1.29 is 9.00 Å². The molecule has 2 fully saturated rings. The predicted molar refractivity (Wildman–Crippen MR) is 155 cm³/mol. The minimum Gasteiger partial charge on any atom is -0.369 e. The van der Waals surface area contributed by atoms with Gasteiger partial charge >= 0.3 is 0 Å². The average molecular weight is 562 g/mol. The van der Waals surface area contributed by atoms with Gasteiger partial charge in [0.25, 0.3) is 5.56 Å². The van der Waals surface area contributed by atoms with Crippen molar-refractivity contribution in [3.63, 3.8) is 0 Å². The third-order valence-corrected chi connectivity index (χ3v) is 9.58. The maximum atomic E-state index is 13.5. The Labute approximate surface area is 235 Å². The molecule has 1 aliphatic heterocycles. The zero-order valence-electron chi connectivity index (χ0n) is 23.0. The van der Waals surface area contributed by atoms with Crippen molar-refractivity contribution in [2.75, 3.05) is 37.6 Å². The Morgan fingerprint density at radius 2 is 1.82 bits per heavy atom. The van der Waals surface area contributed by atoms with Crippen LogP contribution in [0.25, 0.3) is 16.6 Å². The number of benzene rings is 2. The summed E-state index contributed by atoms with van der Waals surface area (Å²) in [6.45, 7) is 7.45. The van der Waals surface area contributed by atoms with Crippen molar-refractivity contribution in [2.24, 2.45) is 0 Å². The van der Waals surface area contributed by atoms with Crippen molar-refractivity contribution in [3.05, 3.63) is 57.9 Å². The SMILES string of the molecule is Cc1ccc(S(=O)c2n[nH]n3c2nc(=O)c2ccc(N4CCN(CC(=O)NC5CCCCC5)CC4)cc23)c(C)c1. The molecule has 0 spiro atoms. The number of amides is 1. The summed E-state index contributed by atoms with van der Waals surface area (Å²) < 4.78 is 15.1. The zero-order valence-corrected chi connectivity index (χ0v) is 23.8. The van der Waals surface area contributed by atoms with E-state index < -0.39 is 10.8 Å². The maximum Gasteiger partial charge on any atom is 0.281 e. The van der Waals surface area contributed by atoms with Crippen LogP contribution in [-0.4, -0.2) is 73.6 Å². The Balaban J connectivity index is 1.20. The molecule has 1 atom stereocenters. The summed E-state index contributed by atoms with van der Waals surface area (Å²) in [4.78, 5) is 34.9. The molecule has 2 aliphatic rings. The normalized spacial score (nSPS) is 17.9. The first-order valence-electron chi connectivity index (χ1n) is 14.0. The van der Waals surface area contributed by atoms with Crippen LogP contribution in [0.4, 0.5) is 5.69 Å². The Bertz CT molecular complexity index is 1650. The van der Waals surface area contributed by atoms with Gasteiger partial charge in [-0.2, -0.15) is 4.98 Å². The summed E-state index contributed by atoms with van der Waals surface area (Å²) in [5, 5.41) is 11.2. The van der Waals surface area contributed by atoms with Crippen LogP contribution in [0.5, 0.6) is 0 Å². The molecule has 0 radical (unpaired) electrons. The second-order valence-electron chi connectivity index (χ2n) is 11.0. The van der Waals surface area contributed by atoms with E-state index in [1.807, 2.05) is 44.2 Å². The number of hydrogen-bond acceptors (Lipinski definition) is 7. The molecular weight excluding hydrogens is 526 g/mol. The standard InChI is InChI=1S/C29H35N7O3S/c1-19-8-11-25(20(2)16-19)40(39)29-27-31-28(38)23-10-9-22(17-24(23)36(27)33-32-29)35-14-12-34(13-15-35)18-26(37)30-21-6-4-3-5-7-21/h8-11,16-17,21,33H,3-7,12-15,18H2,1-2H3,(H,30,37). The first-order chi connectivity index (χ1) is 19.4. The molecule has 2 aromatic heterocycles. The highest BCUT2D eigenvalue weighted by atomic mass is 32.2. The third-order valence-electron chi connectivity index (χ3n) is 8.10. The molecule has 1 unspecified atom stereocenters. The summed E-state index contributed by atoms with van der Waals surface area (Å²) in [7, 11) is -1.60. The second-order valence-corrected chi connectivity index (χ2v) is 12.4. The highest BCUT2D eigenvalue weighted by Crippen LogP contribution is 2.26. The number of anilines is 1. The lowest BCUT2D eigenvalue weighted by Crippen LogP contribution is -2.50. The Hall–Kier alpha value is -3.57. The molecule has 210 valence electrons. The van der Waals surface area contributed by atoms with Crippen LogP contribution < -0.4 is 15.8 Å². The van der Waals surface area contributed by atoms with Gasteiger partial charge in [-0.05, 0) is 56.5 Å². The van der Waals surface area contributed by atoms with Crippen LogP contribution >= 0.6 is 0 Å². The van der Waals surface area contributed by atoms with E-state index in [0.717, 1.165) is 55.8 Å². The number of aromatic nitrogens is 4. The summed E-state index contributed by atoms with van der Waals surface area (Å²) in [5.74, 6) is 0.119. The first kappa shape index (κ1) is 26.6. The van der Waals surface area contributed by atoms with Crippen LogP contribution in [-0.2, 0) is 15.6 Å². The van der Waals surface area contributed by atoms with E-state index in [4.69, 9.17) is 0 Å². The number of H-pyrrole nitrogens is 1. The van der Waals surface area contributed by atoms with Crippen molar-refractivity contribution in [1.82, 2.24) is 30.0 Å². The van der Waals surface area contributed by atoms with E-state index in [1.165, 1.54) is 19.3 Å².